The number of halogens is 3. The quantitative estimate of drug-likeness (QED) is 0.377. The van der Waals surface area contributed by atoms with Gasteiger partial charge in [0.05, 0.1) is 17.7 Å². The Morgan fingerprint density at radius 2 is 1.72 bits per heavy atom. The minimum Gasteiger partial charge on any atom is -0.493 e. The Bertz CT molecular complexity index is 1260. The summed E-state index contributed by atoms with van der Waals surface area (Å²) >= 11 is 0. The van der Waals surface area contributed by atoms with Crippen molar-refractivity contribution in [2.75, 3.05) is 18.5 Å². The predicted molar refractivity (Wildman–Crippen MR) is 113 cm³/mol. The molecule has 166 valence electrons. The SMILES string of the molecule is CCCNc1nc(Oc2ccc(F)cc2F)nc2n[nH]c(-c3cc(F)ccc3OCC)c12. The van der Waals surface area contributed by atoms with E-state index in [1.54, 1.807) is 0 Å². The smallest absolute Gasteiger partial charge is 0.326 e. The van der Waals surface area contributed by atoms with E-state index in [9.17, 15) is 13.2 Å². The summed E-state index contributed by atoms with van der Waals surface area (Å²) in [6, 6.07) is 6.92. The van der Waals surface area contributed by atoms with Crippen molar-refractivity contribution in [2.45, 2.75) is 20.3 Å². The van der Waals surface area contributed by atoms with E-state index in [-0.39, 0.29) is 17.4 Å². The lowest BCUT2D eigenvalue weighted by molar-refractivity contribution is 0.341. The summed E-state index contributed by atoms with van der Waals surface area (Å²) < 4.78 is 52.3. The van der Waals surface area contributed by atoms with E-state index in [0.717, 1.165) is 18.6 Å². The molecule has 7 nitrogen and oxygen atoms in total. The van der Waals surface area contributed by atoms with Gasteiger partial charge in [-0.1, -0.05) is 6.92 Å². The lowest BCUT2D eigenvalue weighted by Gasteiger charge is -2.12. The molecule has 32 heavy (non-hydrogen) atoms. The molecule has 4 rings (SSSR count). The first-order chi connectivity index (χ1) is 15.5. The number of hydrogen-bond donors (Lipinski definition) is 2. The highest BCUT2D eigenvalue weighted by Crippen LogP contribution is 2.37. The van der Waals surface area contributed by atoms with Crippen molar-refractivity contribution < 1.29 is 22.6 Å². The minimum absolute atomic E-state index is 0.177. The number of ether oxygens (including phenoxy) is 2. The third kappa shape index (κ3) is 4.29. The van der Waals surface area contributed by atoms with Gasteiger partial charge in [0, 0.05) is 18.2 Å². The van der Waals surface area contributed by atoms with Crippen LogP contribution in [0, 0.1) is 17.5 Å². The summed E-state index contributed by atoms with van der Waals surface area (Å²) in [7, 11) is 0. The maximum absolute atomic E-state index is 14.0. The van der Waals surface area contributed by atoms with Crippen LogP contribution in [0.5, 0.6) is 17.5 Å². The first-order valence-corrected chi connectivity index (χ1v) is 10.1. The van der Waals surface area contributed by atoms with Gasteiger partial charge in [-0.3, -0.25) is 5.10 Å². The maximum atomic E-state index is 14.0. The largest absolute Gasteiger partial charge is 0.493 e. The van der Waals surface area contributed by atoms with E-state index in [0.29, 0.717) is 47.4 Å². The summed E-state index contributed by atoms with van der Waals surface area (Å²) in [6.07, 6.45) is 0.797. The first-order valence-electron chi connectivity index (χ1n) is 10.1. The number of aromatic amines is 1. The normalized spacial score (nSPS) is 11.0. The fraction of sp³-hybridized carbons (Fsp3) is 0.227. The van der Waals surface area contributed by atoms with Crippen molar-refractivity contribution >= 4 is 16.9 Å². The molecule has 0 atom stereocenters. The average Bonchev–Trinajstić information content (AvgIpc) is 3.19. The van der Waals surface area contributed by atoms with Crippen molar-refractivity contribution in [2.24, 2.45) is 0 Å². The number of rotatable bonds is 8. The zero-order valence-electron chi connectivity index (χ0n) is 17.4. The van der Waals surface area contributed by atoms with E-state index in [2.05, 4.69) is 25.5 Å². The van der Waals surface area contributed by atoms with Crippen molar-refractivity contribution in [3.63, 3.8) is 0 Å². The molecule has 0 aliphatic carbocycles. The van der Waals surface area contributed by atoms with Crippen molar-refractivity contribution in [1.29, 1.82) is 0 Å². The molecule has 0 spiro atoms. The van der Waals surface area contributed by atoms with Crippen LogP contribution in [0.3, 0.4) is 0 Å². The van der Waals surface area contributed by atoms with Gasteiger partial charge in [-0.2, -0.15) is 15.1 Å². The lowest BCUT2D eigenvalue weighted by atomic mass is 10.1. The Kier molecular flexibility index (Phi) is 6.11. The number of hydrogen-bond acceptors (Lipinski definition) is 6. The molecule has 2 aromatic heterocycles. The van der Waals surface area contributed by atoms with Crippen LogP contribution in [-0.2, 0) is 0 Å². The third-order valence-corrected chi connectivity index (χ3v) is 4.54. The summed E-state index contributed by atoms with van der Waals surface area (Å²) in [6.45, 7) is 4.77. The van der Waals surface area contributed by atoms with Gasteiger partial charge in [0.2, 0.25) is 0 Å². The number of nitrogens with zero attached hydrogens (tertiary/aromatic N) is 3. The Hall–Kier alpha value is -3.82. The Morgan fingerprint density at radius 3 is 2.44 bits per heavy atom. The number of aromatic nitrogens is 4. The molecule has 10 heteroatoms. The van der Waals surface area contributed by atoms with Crippen LogP contribution in [0.2, 0.25) is 0 Å². The Morgan fingerprint density at radius 1 is 0.969 bits per heavy atom. The van der Waals surface area contributed by atoms with Gasteiger partial charge in [0.1, 0.15) is 23.2 Å². The summed E-state index contributed by atoms with van der Waals surface area (Å²) in [5.74, 6) is -1.46. The van der Waals surface area contributed by atoms with Gasteiger partial charge >= 0.3 is 6.01 Å². The molecule has 2 N–H and O–H groups in total. The second kappa shape index (κ2) is 9.13. The number of H-pyrrole nitrogens is 1. The fourth-order valence-corrected chi connectivity index (χ4v) is 3.15. The van der Waals surface area contributed by atoms with Crippen LogP contribution in [0.4, 0.5) is 19.0 Å². The highest BCUT2D eigenvalue weighted by Gasteiger charge is 2.21. The molecule has 2 aromatic carbocycles. The van der Waals surface area contributed by atoms with E-state index in [1.165, 1.54) is 18.2 Å². The van der Waals surface area contributed by atoms with Gasteiger partial charge in [-0.15, -0.1) is 0 Å². The first kappa shape index (κ1) is 21.4. The molecule has 0 fully saturated rings. The topological polar surface area (TPSA) is 85.0 Å². The van der Waals surface area contributed by atoms with Gasteiger partial charge < -0.3 is 14.8 Å². The highest BCUT2D eigenvalue weighted by atomic mass is 19.1. The number of nitrogens with one attached hydrogen (secondary N) is 2. The predicted octanol–water partition coefficient (Wildman–Crippen LogP) is 5.45. The number of benzene rings is 2. The zero-order valence-corrected chi connectivity index (χ0v) is 17.4. The second-order valence-electron chi connectivity index (χ2n) is 6.83. The van der Waals surface area contributed by atoms with Crippen molar-refractivity contribution in [3.8, 4) is 28.8 Å². The third-order valence-electron chi connectivity index (χ3n) is 4.54. The molecule has 0 aliphatic heterocycles. The summed E-state index contributed by atoms with van der Waals surface area (Å²) in [5.41, 5.74) is 1.13. The van der Waals surface area contributed by atoms with Gasteiger partial charge in [-0.05, 0) is 43.7 Å². The molecular weight excluding hydrogens is 423 g/mol. The molecule has 0 aliphatic rings. The van der Waals surface area contributed by atoms with Crippen LogP contribution in [-0.4, -0.2) is 33.3 Å². The molecule has 0 unspecified atom stereocenters. The number of anilines is 1. The van der Waals surface area contributed by atoms with Gasteiger partial charge in [0.25, 0.3) is 0 Å². The lowest BCUT2D eigenvalue weighted by Crippen LogP contribution is -2.05. The molecule has 4 aromatic rings. The van der Waals surface area contributed by atoms with E-state index in [4.69, 9.17) is 9.47 Å². The van der Waals surface area contributed by atoms with E-state index in [1.807, 2.05) is 13.8 Å². The summed E-state index contributed by atoms with van der Waals surface area (Å²) in [4.78, 5) is 8.59. The van der Waals surface area contributed by atoms with Crippen LogP contribution in [0.15, 0.2) is 36.4 Å². The Balaban J connectivity index is 1.83. The van der Waals surface area contributed by atoms with Crippen LogP contribution in [0.25, 0.3) is 22.3 Å². The second-order valence-corrected chi connectivity index (χ2v) is 6.83. The molecule has 2 heterocycles. The maximum Gasteiger partial charge on any atom is 0.326 e. The van der Waals surface area contributed by atoms with Crippen LogP contribution >= 0.6 is 0 Å². The average molecular weight is 443 g/mol. The van der Waals surface area contributed by atoms with Gasteiger partial charge in [0.15, 0.2) is 17.2 Å². The van der Waals surface area contributed by atoms with Crippen molar-refractivity contribution in [3.05, 3.63) is 53.8 Å². The molecule has 0 radical (unpaired) electrons. The summed E-state index contributed by atoms with van der Waals surface area (Å²) in [5, 5.41) is 10.7. The minimum atomic E-state index is -0.888. The van der Waals surface area contributed by atoms with Crippen LogP contribution < -0.4 is 14.8 Å². The fourth-order valence-electron chi connectivity index (χ4n) is 3.15. The molecule has 0 saturated heterocycles. The monoisotopic (exact) mass is 443 g/mol. The standard InChI is InChI=1S/C22H20F3N5O2/c1-3-9-26-20-18-19(14-10-12(23)5-7-16(14)31-4-2)29-30-21(18)28-22(27-20)32-17-8-6-13(24)11-15(17)25/h5-8,10-11H,3-4,9H2,1-2H3,(H2,26,27,28,29,30). The highest BCUT2D eigenvalue weighted by molar-refractivity contribution is 6.00. The van der Waals surface area contributed by atoms with Crippen molar-refractivity contribution in [1.82, 2.24) is 20.2 Å². The number of fused-ring (bicyclic) bond motifs is 1. The van der Waals surface area contributed by atoms with E-state index < -0.39 is 17.5 Å². The molecular formula is C22H20F3N5O2. The molecule has 0 saturated carbocycles. The van der Waals surface area contributed by atoms with Gasteiger partial charge in [-0.25, -0.2) is 13.2 Å². The Labute approximate surface area is 181 Å². The molecule has 0 bridgehead atoms. The van der Waals surface area contributed by atoms with Crippen LogP contribution in [0.1, 0.15) is 20.3 Å². The van der Waals surface area contributed by atoms with E-state index >= 15 is 0 Å². The molecule has 0 amide bonds. The zero-order chi connectivity index (χ0) is 22.7.